The Hall–Kier alpha value is -1.59. The van der Waals surface area contributed by atoms with E-state index in [1.54, 1.807) is 0 Å². The Morgan fingerprint density at radius 1 is 1.24 bits per heavy atom. The van der Waals surface area contributed by atoms with Crippen molar-refractivity contribution in [3.8, 4) is 22.1 Å². The standard InChI is InChI=1S/C12H11NO3S/c14-6-9-7-17-12(13-9)8-1-2-10-11(5-8)16-4-3-15-10/h1-2,5,7,14H,3-4,6H2. The van der Waals surface area contributed by atoms with E-state index in [2.05, 4.69) is 4.98 Å². The molecule has 17 heavy (non-hydrogen) atoms. The van der Waals surface area contributed by atoms with E-state index in [9.17, 15) is 0 Å². The lowest BCUT2D eigenvalue weighted by molar-refractivity contribution is 0.171. The van der Waals surface area contributed by atoms with Crippen LogP contribution in [0.2, 0.25) is 0 Å². The summed E-state index contributed by atoms with van der Waals surface area (Å²) >= 11 is 1.51. The number of hydrogen-bond donors (Lipinski definition) is 1. The zero-order valence-electron chi connectivity index (χ0n) is 9.05. The molecule has 1 aliphatic rings. The van der Waals surface area contributed by atoms with E-state index in [0.717, 1.165) is 22.1 Å². The summed E-state index contributed by atoms with van der Waals surface area (Å²) in [6, 6.07) is 5.77. The summed E-state index contributed by atoms with van der Waals surface area (Å²) in [4.78, 5) is 4.32. The van der Waals surface area contributed by atoms with Crippen molar-refractivity contribution >= 4 is 11.3 Å². The summed E-state index contributed by atoms with van der Waals surface area (Å²) in [6.07, 6.45) is 0. The summed E-state index contributed by atoms with van der Waals surface area (Å²) < 4.78 is 11.0. The molecule has 1 N–H and O–H groups in total. The first-order valence-corrected chi connectivity index (χ1v) is 6.20. The predicted octanol–water partition coefficient (Wildman–Crippen LogP) is 2.07. The summed E-state index contributed by atoms with van der Waals surface area (Å²) in [5.74, 6) is 1.54. The molecule has 0 spiro atoms. The highest BCUT2D eigenvalue weighted by atomic mass is 32.1. The molecule has 0 amide bonds. The van der Waals surface area contributed by atoms with Crippen molar-refractivity contribution in [2.45, 2.75) is 6.61 Å². The second-order valence-corrected chi connectivity index (χ2v) is 4.52. The van der Waals surface area contributed by atoms with Crippen molar-refractivity contribution in [1.82, 2.24) is 4.98 Å². The van der Waals surface area contributed by atoms with Crippen LogP contribution in [0.15, 0.2) is 23.6 Å². The van der Waals surface area contributed by atoms with Crippen LogP contribution in [-0.2, 0) is 6.61 Å². The van der Waals surface area contributed by atoms with Gasteiger partial charge in [-0.1, -0.05) is 0 Å². The molecule has 2 heterocycles. The second-order valence-electron chi connectivity index (χ2n) is 3.66. The molecule has 0 saturated heterocycles. The third-order valence-electron chi connectivity index (χ3n) is 2.50. The minimum Gasteiger partial charge on any atom is -0.486 e. The fraction of sp³-hybridized carbons (Fsp3) is 0.250. The Morgan fingerprint density at radius 2 is 2.06 bits per heavy atom. The van der Waals surface area contributed by atoms with Crippen molar-refractivity contribution in [2.75, 3.05) is 13.2 Å². The third kappa shape index (κ3) is 1.99. The molecular formula is C12H11NO3S. The third-order valence-corrected chi connectivity index (χ3v) is 3.44. The fourth-order valence-electron chi connectivity index (χ4n) is 1.69. The van der Waals surface area contributed by atoms with Crippen LogP contribution in [0, 0.1) is 0 Å². The van der Waals surface area contributed by atoms with Crippen LogP contribution in [0.25, 0.3) is 10.6 Å². The minimum absolute atomic E-state index is 0.0267. The Labute approximate surface area is 102 Å². The zero-order chi connectivity index (χ0) is 11.7. The van der Waals surface area contributed by atoms with Crippen LogP contribution in [0.3, 0.4) is 0 Å². The smallest absolute Gasteiger partial charge is 0.162 e. The van der Waals surface area contributed by atoms with E-state index in [-0.39, 0.29) is 6.61 Å². The first kappa shape index (κ1) is 10.6. The van der Waals surface area contributed by atoms with E-state index >= 15 is 0 Å². The zero-order valence-corrected chi connectivity index (χ0v) is 9.87. The fourth-order valence-corrected chi connectivity index (χ4v) is 2.50. The number of benzene rings is 1. The van der Waals surface area contributed by atoms with Gasteiger partial charge < -0.3 is 14.6 Å². The van der Waals surface area contributed by atoms with Crippen molar-refractivity contribution in [1.29, 1.82) is 0 Å². The molecule has 5 heteroatoms. The lowest BCUT2D eigenvalue weighted by Gasteiger charge is -2.18. The summed E-state index contributed by atoms with van der Waals surface area (Å²) in [6.45, 7) is 1.15. The van der Waals surface area contributed by atoms with Crippen LogP contribution in [0.5, 0.6) is 11.5 Å². The van der Waals surface area contributed by atoms with Gasteiger partial charge in [0.25, 0.3) is 0 Å². The average Bonchev–Trinajstić information content (AvgIpc) is 2.87. The monoisotopic (exact) mass is 249 g/mol. The van der Waals surface area contributed by atoms with Crippen LogP contribution >= 0.6 is 11.3 Å². The van der Waals surface area contributed by atoms with Gasteiger partial charge in [0, 0.05) is 10.9 Å². The molecule has 2 aromatic rings. The van der Waals surface area contributed by atoms with Gasteiger partial charge in [-0.25, -0.2) is 4.98 Å². The molecule has 0 unspecified atom stereocenters. The van der Waals surface area contributed by atoms with Gasteiger partial charge in [0.15, 0.2) is 11.5 Å². The number of aliphatic hydroxyl groups is 1. The van der Waals surface area contributed by atoms with Gasteiger partial charge >= 0.3 is 0 Å². The molecule has 1 aromatic carbocycles. The number of ether oxygens (including phenoxy) is 2. The van der Waals surface area contributed by atoms with E-state index < -0.39 is 0 Å². The SMILES string of the molecule is OCc1csc(-c2ccc3c(c2)OCCO3)n1. The van der Waals surface area contributed by atoms with Crippen LogP contribution < -0.4 is 9.47 Å². The van der Waals surface area contributed by atoms with Crippen molar-refractivity contribution in [3.63, 3.8) is 0 Å². The maximum Gasteiger partial charge on any atom is 0.162 e. The maximum atomic E-state index is 8.99. The van der Waals surface area contributed by atoms with Gasteiger partial charge in [0.1, 0.15) is 18.2 Å². The Morgan fingerprint density at radius 3 is 2.82 bits per heavy atom. The average molecular weight is 249 g/mol. The molecule has 0 radical (unpaired) electrons. The number of aromatic nitrogens is 1. The number of thiazole rings is 1. The molecule has 0 fully saturated rings. The first-order valence-electron chi connectivity index (χ1n) is 5.32. The lowest BCUT2D eigenvalue weighted by atomic mass is 10.2. The molecular weight excluding hydrogens is 238 g/mol. The second kappa shape index (κ2) is 4.35. The quantitative estimate of drug-likeness (QED) is 0.885. The summed E-state index contributed by atoms with van der Waals surface area (Å²) in [5.41, 5.74) is 1.68. The Balaban J connectivity index is 1.97. The van der Waals surface area contributed by atoms with Crippen molar-refractivity contribution in [2.24, 2.45) is 0 Å². The number of hydrogen-bond acceptors (Lipinski definition) is 5. The van der Waals surface area contributed by atoms with Gasteiger partial charge in [-0.3, -0.25) is 0 Å². The van der Waals surface area contributed by atoms with E-state index in [1.165, 1.54) is 11.3 Å². The lowest BCUT2D eigenvalue weighted by Crippen LogP contribution is -2.15. The summed E-state index contributed by atoms with van der Waals surface area (Å²) in [7, 11) is 0. The normalized spacial score (nSPS) is 13.7. The summed E-state index contributed by atoms with van der Waals surface area (Å²) in [5, 5.41) is 11.7. The molecule has 0 saturated carbocycles. The Kier molecular flexibility index (Phi) is 2.70. The van der Waals surface area contributed by atoms with Crippen LogP contribution in [0.1, 0.15) is 5.69 Å². The number of rotatable bonds is 2. The van der Waals surface area contributed by atoms with Gasteiger partial charge in [0.05, 0.1) is 12.3 Å². The molecule has 0 aliphatic carbocycles. The van der Waals surface area contributed by atoms with Gasteiger partial charge in [-0.15, -0.1) is 11.3 Å². The largest absolute Gasteiger partial charge is 0.486 e. The topological polar surface area (TPSA) is 51.6 Å². The first-order chi connectivity index (χ1) is 8.36. The van der Waals surface area contributed by atoms with Crippen molar-refractivity contribution in [3.05, 3.63) is 29.3 Å². The maximum absolute atomic E-state index is 8.99. The molecule has 1 aliphatic heterocycles. The number of aliphatic hydroxyl groups excluding tert-OH is 1. The highest BCUT2D eigenvalue weighted by molar-refractivity contribution is 7.13. The predicted molar refractivity (Wildman–Crippen MR) is 64.5 cm³/mol. The molecule has 0 bridgehead atoms. The molecule has 88 valence electrons. The van der Waals surface area contributed by atoms with E-state index in [4.69, 9.17) is 14.6 Å². The number of nitrogens with zero attached hydrogens (tertiary/aromatic N) is 1. The molecule has 1 aromatic heterocycles. The van der Waals surface area contributed by atoms with E-state index in [0.29, 0.717) is 18.9 Å². The van der Waals surface area contributed by atoms with Gasteiger partial charge in [0.2, 0.25) is 0 Å². The highest BCUT2D eigenvalue weighted by Crippen LogP contribution is 2.35. The van der Waals surface area contributed by atoms with Gasteiger partial charge in [-0.2, -0.15) is 0 Å². The van der Waals surface area contributed by atoms with E-state index in [1.807, 2.05) is 23.6 Å². The molecule has 3 rings (SSSR count). The van der Waals surface area contributed by atoms with Crippen molar-refractivity contribution < 1.29 is 14.6 Å². The molecule has 0 atom stereocenters. The minimum atomic E-state index is -0.0267. The Bertz CT molecular complexity index is 538. The highest BCUT2D eigenvalue weighted by Gasteiger charge is 2.13. The van der Waals surface area contributed by atoms with Gasteiger partial charge in [-0.05, 0) is 18.2 Å². The van der Waals surface area contributed by atoms with Crippen LogP contribution in [-0.4, -0.2) is 23.3 Å². The number of fused-ring (bicyclic) bond motifs is 1. The van der Waals surface area contributed by atoms with Crippen LogP contribution in [0.4, 0.5) is 0 Å². The molecule has 4 nitrogen and oxygen atoms in total.